The first-order chi connectivity index (χ1) is 20.9. The number of hydrogen-bond donors (Lipinski definition) is 4. The lowest BCUT2D eigenvalue weighted by atomic mass is 9.99. The fraction of sp³-hybridized carbons (Fsp3) is 0.419. The van der Waals surface area contributed by atoms with Gasteiger partial charge in [-0.25, -0.2) is 0 Å². The molecular weight excluding hydrogens is 575 g/mol. The molecule has 0 spiro atoms. The van der Waals surface area contributed by atoms with Gasteiger partial charge >= 0.3 is 6.18 Å². The van der Waals surface area contributed by atoms with Crippen molar-refractivity contribution in [3.8, 4) is 5.75 Å². The van der Waals surface area contributed by atoms with Crippen LogP contribution in [0, 0.1) is 13.8 Å². The van der Waals surface area contributed by atoms with E-state index in [0.29, 0.717) is 48.7 Å². The van der Waals surface area contributed by atoms with E-state index >= 15 is 0 Å². The number of carbonyl (C=O) groups excluding carboxylic acids is 1. The maximum Gasteiger partial charge on any atom is 0.401 e. The minimum atomic E-state index is -4.24. The van der Waals surface area contributed by atoms with Crippen molar-refractivity contribution < 1.29 is 22.7 Å². The van der Waals surface area contributed by atoms with Crippen LogP contribution in [0.2, 0.25) is 0 Å². The first kappa shape index (κ1) is 31.2. The molecule has 2 aliphatic heterocycles. The third-order valence-corrected chi connectivity index (χ3v) is 8.31. The van der Waals surface area contributed by atoms with Gasteiger partial charge < -0.3 is 30.3 Å². The average molecular weight is 614 g/mol. The molecule has 3 aromatic rings. The van der Waals surface area contributed by atoms with Gasteiger partial charge in [-0.15, -0.1) is 0 Å². The summed E-state index contributed by atoms with van der Waals surface area (Å²) in [6, 6.07) is 5.31. The molecule has 0 unspecified atom stereocenters. The maximum absolute atomic E-state index is 13.8. The normalized spacial score (nSPS) is 17.0. The van der Waals surface area contributed by atoms with E-state index in [0.717, 1.165) is 33.7 Å². The van der Waals surface area contributed by atoms with Gasteiger partial charge in [0.05, 0.1) is 37.0 Å². The van der Waals surface area contributed by atoms with E-state index in [1.54, 1.807) is 13.0 Å². The number of carbonyl (C=O) groups is 1. The van der Waals surface area contributed by atoms with Crippen LogP contribution in [0.5, 0.6) is 5.75 Å². The third-order valence-electron chi connectivity index (χ3n) is 8.31. The predicted octanol–water partition coefficient (Wildman–Crippen LogP) is 3.78. The molecule has 0 aromatic carbocycles. The number of H-pyrrole nitrogens is 1. The molecule has 4 N–H and O–H groups in total. The SMILES string of the molecule is COc1cc(C)[nH]c(=O)c1CNC(=O)c1cc2c(C3=CC=C(C)NN3)ccn2c([C@H](C)N2CCN(CC(F)(F)F)CC2)c1C. The highest BCUT2D eigenvalue weighted by atomic mass is 19.4. The molecular formula is C31H38F3N7O3. The molecule has 0 saturated carbocycles. The Morgan fingerprint density at radius 3 is 2.45 bits per heavy atom. The Kier molecular flexibility index (Phi) is 8.80. The molecule has 44 heavy (non-hydrogen) atoms. The van der Waals surface area contributed by atoms with E-state index in [1.165, 1.54) is 12.0 Å². The van der Waals surface area contributed by atoms with Crippen LogP contribution in [0.15, 0.2) is 47.0 Å². The molecule has 0 aliphatic carbocycles. The molecule has 0 bridgehead atoms. The molecule has 10 nitrogen and oxygen atoms in total. The Morgan fingerprint density at radius 2 is 1.82 bits per heavy atom. The summed E-state index contributed by atoms with van der Waals surface area (Å²) in [5.74, 6) is 0.0276. The lowest BCUT2D eigenvalue weighted by Crippen LogP contribution is -2.49. The molecule has 5 heterocycles. The second-order valence-electron chi connectivity index (χ2n) is 11.3. The second-order valence-corrected chi connectivity index (χ2v) is 11.3. The number of alkyl halides is 3. The summed E-state index contributed by atoms with van der Waals surface area (Å²) < 4.78 is 46.4. The van der Waals surface area contributed by atoms with Crippen LogP contribution >= 0.6 is 0 Å². The molecule has 3 aromatic heterocycles. The summed E-state index contributed by atoms with van der Waals surface area (Å²) in [7, 11) is 1.47. The monoisotopic (exact) mass is 613 g/mol. The topological polar surface area (TPSA) is 106 Å². The van der Waals surface area contributed by atoms with Gasteiger partial charge in [-0.2, -0.15) is 13.2 Å². The van der Waals surface area contributed by atoms with E-state index in [4.69, 9.17) is 4.74 Å². The van der Waals surface area contributed by atoms with E-state index in [2.05, 4.69) is 30.5 Å². The van der Waals surface area contributed by atoms with Gasteiger partial charge in [0, 0.05) is 66.6 Å². The number of methoxy groups -OCH3 is 1. The van der Waals surface area contributed by atoms with Crippen molar-refractivity contribution in [1.82, 2.24) is 35.4 Å². The van der Waals surface area contributed by atoms with Crippen molar-refractivity contribution in [1.29, 1.82) is 0 Å². The number of aryl methyl sites for hydroxylation is 1. The Morgan fingerprint density at radius 1 is 1.09 bits per heavy atom. The van der Waals surface area contributed by atoms with Crippen LogP contribution < -0.4 is 26.5 Å². The predicted molar refractivity (Wildman–Crippen MR) is 162 cm³/mol. The maximum atomic E-state index is 13.8. The van der Waals surface area contributed by atoms with Crippen molar-refractivity contribution >= 4 is 17.1 Å². The van der Waals surface area contributed by atoms with Crippen molar-refractivity contribution in [2.24, 2.45) is 0 Å². The number of rotatable bonds is 8. The van der Waals surface area contributed by atoms with E-state index in [-0.39, 0.29) is 24.1 Å². The summed E-state index contributed by atoms with van der Waals surface area (Å²) in [4.78, 5) is 32.8. The number of hydrazine groups is 1. The number of fused-ring (bicyclic) bond motifs is 1. The second kappa shape index (κ2) is 12.4. The van der Waals surface area contributed by atoms with Crippen LogP contribution in [-0.2, 0) is 6.54 Å². The molecule has 1 amide bonds. The summed E-state index contributed by atoms with van der Waals surface area (Å²) in [6.45, 7) is 8.13. The smallest absolute Gasteiger partial charge is 0.401 e. The number of piperazine rings is 1. The zero-order valence-electron chi connectivity index (χ0n) is 25.5. The summed E-state index contributed by atoms with van der Waals surface area (Å²) in [5, 5.41) is 2.90. The van der Waals surface area contributed by atoms with Gasteiger partial charge in [0.15, 0.2) is 0 Å². The molecule has 236 valence electrons. The van der Waals surface area contributed by atoms with Crippen LogP contribution in [-0.4, -0.2) is 71.1 Å². The highest BCUT2D eigenvalue weighted by molar-refractivity contribution is 5.98. The highest BCUT2D eigenvalue weighted by Gasteiger charge is 2.34. The van der Waals surface area contributed by atoms with Gasteiger partial charge in [-0.1, -0.05) is 0 Å². The minimum absolute atomic E-state index is 0.0388. The Hall–Kier alpha value is -4.23. The summed E-state index contributed by atoms with van der Waals surface area (Å²) in [5.41, 5.74) is 12.4. The highest BCUT2D eigenvalue weighted by Crippen LogP contribution is 2.32. The Bertz CT molecular complexity index is 1680. The van der Waals surface area contributed by atoms with E-state index in [1.807, 2.05) is 51.3 Å². The summed E-state index contributed by atoms with van der Waals surface area (Å²) >= 11 is 0. The third kappa shape index (κ3) is 6.48. The van der Waals surface area contributed by atoms with Crippen LogP contribution in [0.4, 0.5) is 13.2 Å². The average Bonchev–Trinajstić information content (AvgIpc) is 3.39. The number of allylic oxidation sites excluding steroid dienone is 3. The summed E-state index contributed by atoms with van der Waals surface area (Å²) in [6.07, 6.45) is 1.63. The van der Waals surface area contributed by atoms with Crippen LogP contribution in [0.3, 0.4) is 0 Å². The number of nitrogens with zero attached hydrogens (tertiary/aromatic N) is 3. The molecule has 0 radical (unpaired) electrons. The number of hydrogen-bond acceptors (Lipinski definition) is 7. The van der Waals surface area contributed by atoms with Gasteiger partial charge in [0.1, 0.15) is 5.75 Å². The number of pyridine rings is 2. The molecule has 2 aliphatic rings. The standard InChI is InChI=1S/C31H38F3N7O3/c1-18-6-7-25(38-37-18)22-8-9-41-26(22)15-23(29(42)35-16-24-27(44-5)14-19(2)36-30(24)43)20(3)28(41)21(4)40-12-10-39(11-13-40)17-31(32,33)34/h6-9,14-15,21,37-38H,10-13,16-17H2,1-5H3,(H,35,42)(H,36,43)/t21-/m0/s1. The fourth-order valence-corrected chi connectivity index (χ4v) is 5.99. The largest absolute Gasteiger partial charge is 0.496 e. The lowest BCUT2D eigenvalue weighted by Gasteiger charge is -2.39. The van der Waals surface area contributed by atoms with Crippen molar-refractivity contribution in [3.05, 3.63) is 86.2 Å². The Labute approximate surface area is 253 Å². The molecule has 1 atom stereocenters. The van der Waals surface area contributed by atoms with Crippen molar-refractivity contribution in [2.75, 3.05) is 39.8 Å². The molecule has 5 rings (SSSR count). The number of aromatic amines is 1. The molecule has 1 fully saturated rings. The van der Waals surface area contributed by atoms with E-state index in [9.17, 15) is 22.8 Å². The number of nitrogens with one attached hydrogen (secondary N) is 4. The van der Waals surface area contributed by atoms with E-state index < -0.39 is 12.7 Å². The molecule has 13 heteroatoms. The van der Waals surface area contributed by atoms with Crippen molar-refractivity contribution in [3.63, 3.8) is 0 Å². The lowest BCUT2D eigenvalue weighted by molar-refractivity contribution is -0.149. The fourth-order valence-electron chi connectivity index (χ4n) is 5.99. The van der Waals surface area contributed by atoms with Crippen molar-refractivity contribution in [2.45, 2.75) is 46.5 Å². The Balaban J connectivity index is 1.51. The van der Waals surface area contributed by atoms with Crippen LogP contribution in [0.25, 0.3) is 11.2 Å². The van der Waals surface area contributed by atoms with Gasteiger partial charge in [0.2, 0.25) is 0 Å². The number of halogens is 3. The van der Waals surface area contributed by atoms with Gasteiger partial charge in [-0.05, 0) is 63.6 Å². The first-order valence-electron chi connectivity index (χ1n) is 14.5. The van der Waals surface area contributed by atoms with Crippen LogP contribution in [0.1, 0.15) is 58.3 Å². The quantitative estimate of drug-likeness (QED) is 0.307. The number of amides is 1. The van der Waals surface area contributed by atoms with Gasteiger partial charge in [0.25, 0.3) is 11.5 Å². The minimum Gasteiger partial charge on any atom is -0.496 e. The zero-order chi connectivity index (χ0) is 31.8. The number of aromatic nitrogens is 2. The first-order valence-corrected chi connectivity index (χ1v) is 14.5. The van der Waals surface area contributed by atoms with Gasteiger partial charge in [-0.3, -0.25) is 19.4 Å². The zero-order valence-corrected chi connectivity index (χ0v) is 25.5. The number of ether oxygens (including phenoxy) is 1. The molecule has 1 saturated heterocycles.